The van der Waals surface area contributed by atoms with Crippen molar-refractivity contribution < 1.29 is 14.3 Å². The van der Waals surface area contributed by atoms with Gasteiger partial charge in [-0.3, -0.25) is 9.59 Å². The summed E-state index contributed by atoms with van der Waals surface area (Å²) in [5, 5.41) is 3.82. The van der Waals surface area contributed by atoms with E-state index in [1.165, 1.54) is 0 Å². The van der Waals surface area contributed by atoms with E-state index in [4.69, 9.17) is 9.47 Å². The van der Waals surface area contributed by atoms with Crippen LogP contribution in [0.3, 0.4) is 0 Å². The molecule has 1 amide bonds. The van der Waals surface area contributed by atoms with Gasteiger partial charge in [-0.1, -0.05) is 0 Å². The second-order valence-electron chi connectivity index (χ2n) is 6.37. The Balaban J connectivity index is 1.56. The van der Waals surface area contributed by atoms with Crippen LogP contribution in [0, 0.1) is 0 Å². The number of hydrogen-bond donors (Lipinski definition) is 2. The Bertz CT molecular complexity index is 794. The fraction of sp³-hybridized carbons (Fsp3) is 0.474. The van der Waals surface area contributed by atoms with Crippen molar-refractivity contribution in [3.05, 3.63) is 40.2 Å². The molecule has 1 unspecified atom stereocenters. The van der Waals surface area contributed by atoms with Crippen molar-refractivity contribution in [1.82, 2.24) is 10.3 Å². The van der Waals surface area contributed by atoms with Crippen LogP contribution in [0.15, 0.2) is 29.1 Å². The van der Waals surface area contributed by atoms with Crippen LogP contribution in [0.4, 0.5) is 0 Å². The zero-order valence-corrected chi connectivity index (χ0v) is 14.5. The number of fused-ring (bicyclic) bond motifs is 1. The monoisotopic (exact) mass is 344 g/mol. The number of nitrogens with one attached hydrogen (secondary N) is 2. The van der Waals surface area contributed by atoms with Crippen molar-refractivity contribution in [2.45, 2.75) is 38.2 Å². The van der Waals surface area contributed by atoms with Gasteiger partial charge in [-0.15, -0.1) is 0 Å². The first-order valence-corrected chi connectivity index (χ1v) is 8.74. The third kappa shape index (κ3) is 4.60. The molecule has 134 valence electrons. The summed E-state index contributed by atoms with van der Waals surface area (Å²) in [6.07, 6.45) is 4.07. The minimum atomic E-state index is -0.134. The number of ether oxygens (including phenoxy) is 2. The Hall–Kier alpha value is -2.34. The van der Waals surface area contributed by atoms with Crippen LogP contribution in [0.2, 0.25) is 0 Å². The first-order valence-electron chi connectivity index (χ1n) is 8.74. The second kappa shape index (κ2) is 8.16. The summed E-state index contributed by atoms with van der Waals surface area (Å²) in [6, 6.07) is 7.43. The zero-order chi connectivity index (χ0) is 17.6. The maximum Gasteiger partial charge on any atom is 0.251 e. The van der Waals surface area contributed by atoms with Crippen LogP contribution >= 0.6 is 0 Å². The molecule has 1 saturated heterocycles. The van der Waals surface area contributed by atoms with Gasteiger partial charge in [0, 0.05) is 24.8 Å². The molecule has 0 aliphatic carbocycles. The highest BCUT2D eigenvalue weighted by Gasteiger charge is 2.17. The van der Waals surface area contributed by atoms with Crippen molar-refractivity contribution in [1.29, 1.82) is 0 Å². The van der Waals surface area contributed by atoms with E-state index >= 15 is 0 Å². The van der Waals surface area contributed by atoms with E-state index in [1.54, 1.807) is 13.2 Å². The third-order valence-corrected chi connectivity index (χ3v) is 4.53. The average molecular weight is 344 g/mol. The van der Waals surface area contributed by atoms with Gasteiger partial charge in [0.2, 0.25) is 5.91 Å². The number of pyridine rings is 1. The van der Waals surface area contributed by atoms with Crippen LogP contribution in [0.1, 0.15) is 31.2 Å². The SMILES string of the molecule is COc1ccc2cc(CCNC(=O)CC3CCCCO3)c(=O)[nH]c2c1. The number of amides is 1. The van der Waals surface area contributed by atoms with Gasteiger partial charge in [0.25, 0.3) is 5.56 Å². The Morgan fingerprint density at radius 2 is 2.24 bits per heavy atom. The fourth-order valence-electron chi connectivity index (χ4n) is 3.12. The minimum absolute atomic E-state index is 0.0196. The number of carbonyl (C=O) groups is 1. The van der Waals surface area contributed by atoms with E-state index in [2.05, 4.69) is 10.3 Å². The Morgan fingerprint density at radius 3 is 3.00 bits per heavy atom. The number of hydrogen-bond acceptors (Lipinski definition) is 4. The maximum absolute atomic E-state index is 12.2. The molecule has 1 fully saturated rings. The Labute approximate surface area is 146 Å². The molecule has 25 heavy (non-hydrogen) atoms. The molecule has 1 atom stereocenters. The van der Waals surface area contributed by atoms with E-state index < -0.39 is 0 Å². The maximum atomic E-state index is 12.2. The van der Waals surface area contributed by atoms with Gasteiger partial charge in [-0.05, 0) is 49.3 Å². The number of H-pyrrole nitrogens is 1. The molecule has 0 radical (unpaired) electrons. The van der Waals surface area contributed by atoms with Gasteiger partial charge in [-0.2, -0.15) is 0 Å². The van der Waals surface area contributed by atoms with Crippen molar-refractivity contribution in [3.63, 3.8) is 0 Å². The summed E-state index contributed by atoms with van der Waals surface area (Å²) in [6.45, 7) is 1.19. The molecule has 1 aliphatic rings. The lowest BCUT2D eigenvalue weighted by molar-refractivity contribution is -0.124. The topological polar surface area (TPSA) is 80.4 Å². The normalized spacial score (nSPS) is 17.4. The summed E-state index contributed by atoms with van der Waals surface area (Å²) in [4.78, 5) is 27.0. The molecular formula is C19H24N2O4. The molecule has 1 aliphatic heterocycles. The van der Waals surface area contributed by atoms with Crippen LogP contribution in [0.25, 0.3) is 10.9 Å². The summed E-state index contributed by atoms with van der Waals surface area (Å²) >= 11 is 0. The average Bonchev–Trinajstić information content (AvgIpc) is 2.62. The molecule has 2 N–H and O–H groups in total. The molecule has 3 rings (SSSR count). The lowest BCUT2D eigenvalue weighted by atomic mass is 10.1. The molecule has 0 spiro atoms. The van der Waals surface area contributed by atoms with Crippen LogP contribution < -0.4 is 15.6 Å². The van der Waals surface area contributed by atoms with E-state index in [-0.39, 0.29) is 17.6 Å². The molecule has 2 aromatic rings. The number of rotatable bonds is 6. The summed E-state index contributed by atoms with van der Waals surface area (Å²) in [7, 11) is 1.59. The largest absolute Gasteiger partial charge is 0.497 e. The van der Waals surface area contributed by atoms with Crippen molar-refractivity contribution in [3.8, 4) is 5.75 Å². The molecule has 2 heterocycles. The third-order valence-electron chi connectivity index (χ3n) is 4.53. The quantitative estimate of drug-likeness (QED) is 0.841. The van der Waals surface area contributed by atoms with Crippen LogP contribution in [-0.4, -0.2) is 37.3 Å². The second-order valence-corrected chi connectivity index (χ2v) is 6.37. The van der Waals surface area contributed by atoms with Gasteiger partial charge in [0.05, 0.1) is 25.2 Å². The van der Waals surface area contributed by atoms with Crippen LogP contribution in [-0.2, 0) is 16.0 Å². The highest BCUT2D eigenvalue weighted by atomic mass is 16.5. The highest BCUT2D eigenvalue weighted by molar-refractivity contribution is 5.80. The Morgan fingerprint density at radius 1 is 1.36 bits per heavy atom. The Kier molecular flexibility index (Phi) is 5.71. The molecule has 1 aromatic heterocycles. The highest BCUT2D eigenvalue weighted by Crippen LogP contribution is 2.18. The number of aromatic nitrogens is 1. The smallest absolute Gasteiger partial charge is 0.251 e. The molecule has 0 saturated carbocycles. The molecule has 0 bridgehead atoms. The van der Waals surface area contributed by atoms with Crippen molar-refractivity contribution in [2.75, 3.05) is 20.3 Å². The van der Waals surface area contributed by atoms with Crippen molar-refractivity contribution in [2.24, 2.45) is 0 Å². The van der Waals surface area contributed by atoms with Gasteiger partial charge in [-0.25, -0.2) is 0 Å². The van der Waals surface area contributed by atoms with Gasteiger partial charge in [0.15, 0.2) is 0 Å². The zero-order valence-electron chi connectivity index (χ0n) is 14.5. The first kappa shape index (κ1) is 17.5. The number of methoxy groups -OCH3 is 1. The standard InChI is InChI=1S/C19H24N2O4/c1-24-15-6-5-13-10-14(19(23)21-17(13)11-15)7-8-20-18(22)12-16-4-2-3-9-25-16/h5-6,10-11,16H,2-4,7-9,12H2,1H3,(H,20,22)(H,21,23). The summed E-state index contributed by atoms with van der Waals surface area (Å²) in [5.41, 5.74) is 1.27. The molecule has 1 aromatic carbocycles. The lowest BCUT2D eigenvalue weighted by Crippen LogP contribution is -2.32. The number of carbonyl (C=O) groups excluding carboxylic acids is 1. The van der Waals surface area contributed by atoms with E-state index in [1.807, 2.05) is 18.2 Å². The van der Waals surface area contributed by atoms with Crippen LogP contribution in [0.5, 0.6) is 5.75 Å². The van der Waals surface area contributed by atoms with Gasteiger partial charge < -0.3 is 19.8 Å². The fourth-order valence-corrected chi connectivity index (χ4v) is 3.12. The molecular weight excluding hydrogens is 320 g/mol. The van der Waals surface area contributed by atoms with Gasteiger partial charge >= 0.3 is 0 Å². The summed E-state index contributed by atoms with van der Waals surface area (Å²) in [5.74, 6) is 0.682. The minimum Gasteiger partial charge on any atom is -0.497 e. The molecule has 6 nitrogen and oxygen atoms in total. The first-order chi connectivity index (χ1) is 12.2. The van der Waals surface area contributed by atoms with Crippen molar-refractivity contribution >= 4 is 16.8 Å². The van der Waals surface area contributed by atoms with E-state index in [9.17, 15) is 9.59 Å². The number of aromatic amines is 1. The number of benzene rings is 1. The van der Waals surface area contributed by atoms with E-state index in [0.717, 1.165) is 36.8 Å². The predicted octanol–water partition coefficient (Wildman–Crippen LogP) is 2.15. The molecule has 6 heteroatoms. The summed E-state index contributed by atoms with van der Waals surface area (Å²) < 4.78 is 10.7. The predicted molar refractivity (Wildman–Crippen MR) is 96.0 cm³/mol. The van der Waals surface area contributed by atoms with E-state index in [0.29, 0.717) is 30.7 Å². The lowest BCUT2D eigenvalue weighted by Gasteiger charge is -2.21. The van der Waals surface area contributed by atoms with Gasteiger partial charge in [0.1, 0.15) is 5.75 Å².